The van der Waals surface area contributed by atoms with Gasteiger partial charge < -0.3 is 15.4 Å². The maximum Gasteiger partial charge on any atom is 0.315 e. The minimum atomic E-state index is -0.0332. The lowest BCUT2D eigenvalue weighted by Gasteiger charge is -2.22. The molecule has 18 heavy (non-hydrogen) atoms. The Labute approximate surface area is 110 Å². The van der Waals surface area contributed by atoms with Gasteiger partial charge >= 0.3 is 6.03 Å². The van der Waals surface area contributed by atoms with Gasteiger partial charge in [0.05, 0.1) is 12.7 Å². The molecule has 2 fully saturated rings. The van der Waals surface area contributed by atoms with Crippen molar-refractivity contribution >= 4 is 6.03 Å². The van der Waals surface area contributed by atoms with E-state index in [1.54, 1.807) is 0 Å². The number of carbonyl (C=O) groups is 1. The molecule has 0 aromatic heterocycles. The van der Waals surface area contributed by atoms with Gasteiger partial charge in [-0.1, -0.05) is 32.1 Å². The first-order chi connectivity index (χ1) is 8.84. The van der Waals surface area contributed by atoms with Crippen LogP contribution < -0.4 is 10.6 Å². The van der Waals surface area contributed by atoms with Crippen LogP contribution in [0.25, 0.3) is 0 Å². The molecule has 2 amide bonds. The molecule has 2 aliphatic carbocycles. The summed E-state index contributed by atoms with van der Waals surface area (Å²) in [5.41, 5.74) is 0. The van der Waals surface area contributed by atoms with Crippen LogP contribution in [0.5, 0.6) is 0 Å². The normalized spacial score (nSPS) is 22.0. The van der Waals surface area contributed by atoms with Gasteiger partial charge in [-0.3, -0.25) is 0 Å². The summed E-state index contributed by atoms with van der Waals surface area (Å²) >= 11 is 0. The fraction of sp³-hybridized carbons (Fsp3) is 0.929. The van der Waals surface area contributed by atoms with Crippen molar-refractivity contribution in [2.24, 2.45) is 0 Å². The quantitative estimate of drug-likeness (QED) is 0.741. The largest absolute Gasteiger partial charge is 0.376 e. The first-order valence-electron chi connectivity index (χ1n) is 7.50. The molecular formula is C14H26N2O2. The molecule has 0 unspecified atom stereocenters. The van der Waals surface area contributed by atoms with Crippen molar-refractivity contribution in [3.05, 3.63) is 0 Å². The van der Waals surface area contributed by atoms with Crippen LogP contribution in [0, 0.1) is 0 Å². The van der Waals surface area contributed by atoms with Crippen molar-refractivity contribution < 1.29 is 9.53 Å². The average Bonchev–Trinajstić information content (AvgIpc) is 2.89. The Bertz CT molecular complexity index is 246. The van der Waals surface area contributed by atoms with Crippen LogP contribution >= 0.6 is 0 Å². The maximum atomic E-state index is 11.6. The van der Waals surface area contributed by atoms with Crippen molar-refractivity contribution in [3.63, 3.8) is 0 Å². The van der Waals surface area contributed by atoms with E-state index in [2.05, 4.69) is 10.6 Å². The second kappa shape index (κ2) is 7.62. The summed E-state index contributed by atoms with van der Waals surface area (Å²) in [4.78, 5) is 11.6. The van der Waals surface area contributed by atoms with Gasteiger partial charge in [-0.05, 0) is 25.7 Å². The topological polar surface area (TPSA) is 50.4 Å². The number of amides is 2. The van der Waals surface area contributed by atoms with Crippen LogP contribution in [-0.4, -0.2) is 31.3 Å². The zero-order valence-electron chi connectivity index (χ0n) is 11.2. The number of hydrogen-bond donors (Lipinski definition) is 2. The summed E-state index contributed by atoms with van der Waals surface area (Å²) in [5.74, 6) is 0. The van der Waals surface area contributed by atoms with E-state index in [9.17, 15) is 4.79 Å². The lowest BCUT2D eigenvalue weighted by atomic mass is 9.98. The van der Waals surface area contributed by atoms with Crippen molar-refractivity contribution in [3.8, 4) is 0 Å². The van der Waals surface area contributed by atoms with Gasteiger partial charge in [0.15, 0.2) is 0 Å². The number of ether oxygens (including phenoxy) is 1. The molecule has 104 valence electrons. The van der Waals surface area contributed by atoms with Gasteiger partial charge in [0.1, 0.15) is 0 Å². The zero-order valence-corrected chi connectivity index (χ0v) is 11.2. The standard InChI is InChI=1S/C14H26N2O2/c17-14(16-12-6-4-5-7-12)15-10-11-18-13-8-2-1-3-9-13/h12-13H,1-11H2,(H2,15,16,17). The fourth-order valence-corrected chi connectivity index (χ4v) is 2.93. The second-order valence-corrected chi connectivity index (χ2v) is 5.51. The van der Waals surface area contributed by atoms with Crippen LogP contribution in [0.4, 0.5) is 4.79 Å². The molecule has 2 aliphatic rings. The predicted octanol–water partition coefficient (Wildman–Crippen LogP) is 2.58. The number of rotatable bonds is 5. The van der Waals surface area contributed by atoms with Gasteiger partial charge in [0, 0.05) is 12.6 Å². The maximum absolute atomic E-state index is 11.6. The van der Waals surface area contributed by atoms with Crippen molar-refractivity contribution in [2.75, 3.05) is 13.2 Å². The highest BCUT2D eigenvalue weighted by Crippen LogP contribution is 2.20. The monoisotopic (exact) mass is 254 g/mol. The number of urea groups is 1. The van der Waals surface area contributed by atoms with Gasteiger partial charge in [-0.15, -0.1) is 0 Å². The van der Waals surface area contributed by atoms with E-state index in [4.69, 9.17) is 4.74 Å². The third-order valence-corrected chi connectivity index (χ3v) is 3.98. The van der Waals surface area contributed by atoms with E-state index in [1.807, 2.05) is 0 Å². The van der Waals surface area contributed by atoms with Gasteiger partial charge in [-0.25, -0.2) is 4.79 Å². The molecular weight excluding hydrogens is 228 g/mol. The Morgan fingerprint density at radius 1 is 1.00 bits per heavy atom. The molecule has 0 bridgehead atoms. The van der Waals surface area contributed by atoms with Crippen LogP contribution in [0.1, 0.15) is 57.8 Å². The molecule has 2 rings (SSSR count). The molecule has 2 N–H and O–H groups in total. The SMILES string of the molecule is O=C(NCCOC1CCCCC1)NC1CCCC1. The number of hydrogen-bond acceptors (Lipinski definition) is 2. The lowest BCUT2D eigenvalue weighted by molar-refractivity contribution is 0.0311. The first kappa shape index (κ1) is 13.7. The molecule has 4 heteroatoms. The lowest BCUT2D eigenvalue weighted by Crippen LogP contribution is -2.42. The van der Waals surface area contributed by atoms with Crippen molar-refractivity contribution in [2.45, 2.75) is 69.9 Å². The van der Waals surface area contributed by atoms with Crippen molar-refractivity contribution in [1.82, 2.24) is 10.6 Å². The van der Waals surface area contributed by atoms with E-state index in [0.29, 0.717) is 25.3 Å². The molecule has 2 saturated carbocycles. The third kappa shape index (κ3) is 4.84. The summed E-state index contributed by atoms with van der Waals surface area (Å²) in [7, 11) is 0. The van der Waals surface area contributed by atoms with Gasteiger partial charge in [0.2, 0.25) is 0 Å². The predicted molar refractivity (Wildman–Crippen MR) is 71.6 cm³/mol. The summed E-state index contributed by atoms with van der Waals surface area (Å²) in [6.45, 7) is 1.26. The highest BCUT2D eigenvalue weighted by molar-refractivity contribution is 5.74. The average molecular weight is 254 g/mol. The Morgan fingerprint density at radius 3 is 2.39 bits per heavy atom. The molecule has 0 radical (unpaired) electrons. The van der Waals surface area contributed by atoms with Gasteiger partial charge in [0.25, 0.3) is 0 Å². The first-order valence-corrected chi connectivity index (χ1v) is 7.50. The molecule has 0 saturated heterocycles. The summed E-state index contributed by atoms with van der Waals surface area (Å²) < 4.78 is 5.76. The summed E-state index contributed by atoms with van der Waals surface area (Å²) in [6.07, 6.45) is 11.5. The third-order valence-electron chi connectivity index (χ3n) is 3.98. The second-order valence-electron chi connectivity index (χ2n) is 5.51. The van der Waals surface area contributed by atoms with Crippen LogP contribution in [-0.2, 0) is 4.74 Å². The highest BCUT2D eigenvalue weighted by Gasteiger charge is 2.17. The minimum absolute atomic E-state index is 0.0332. The van der Waals surface area contributed by atoms with Crippen LogP contribution in [0.2, 0.25) is 0 Å². The van der Waals surface area contributed by atoms with E-state index in [1.165, 1.54) is 44.9 Å². The molecule has 0 aromatic carbocycles. The van der Waals surface area contributed by atoms with E-state index < -0.39 is 0 Å². The fourth-order valence-electron chi connectivity index (χ4n) is 2.93. The number of carbonyl (C=O) groups excluding carboxylic acids is 1. The Morgan fingerprint density at radius 2 is 1.67 bits per heavy atom. The Hall–Kier alpha value is -0.770. The molecule has 0 spiro atoms. The van der Waals surface area contributed by atoms with Crippen LogP contribution in [0.3, 0.4) is 0 Å². The molecule has 0 atom stereocenters. The number of nitrogens with one attached hydrogen (secondary N) is 2. The van der Waals surface area contributed by atoms with Crippen LogP contribution in [0.15, 0.2) is 0 Å². The van der Waals surface area contributed by atoms with E-state index in [0.717, 1.165) is 12.8 Å². The smallest absolute Gasteiger partial charge is 0.315 e. The molecule has 4 nitrogen and oxygen atoms in total. The summed E-state index contributed by atoms with van der Waals surface area (Å²) in [5, 5.41) is 5.89. The molecule has 0 aliphatic heterocycles. The summed E-state index contributed by atoms with van der Waals surface area (Å²) in [6, 6.07) is 0.360. The minimum Gasteiger partial charge on any atom is -0.376 e. The Kier molecular flexibility index (Phi) is 5.78. The van der Waals surface area contributed by atoms with Crippen molar-refractivity contribution in [1.29, 1.82) is 0 Å². The highest BCUT2D eigenvalue weighted by atomic mass is 16.5. The molecule has 0 heterocycles. The molecule has 0 aromatic rings. The zero-order chi connectivity index (χ0) is 12.6. The van der Waals surface area contributed by atoms with E-state index in [-0.39, 0.29) is 6.03 Å². The Balaban J connectivity index is 1.47. The van der Waals surface area contributed by atoms with Gasteiger partial charge in [-0.2, -0.15) is 0 Å². The van der Waals surface area contributed by atoms with E-state index >= 15 is 0 Å².